The number of Topliss-reactive ketones (excluding diaryl/α,β-unsaturated/α-hetero) is 1. The topological polar surface area (TPSA) is 90.6 Å². The van der Waals surface area contributed by atoms with Gasteiger partial charge in [-0.1, -0.05) is 45.0 Å². The van der Waals surface area contributed by atoms with Crippen molar-refractivity contribution in [2.45, 2.75) is 46.1 Å². The molecule has 1 saturated heterocycles. The van der Waals surface area contributed by atoms with Crippen molar-refractivity contribution in [3.63, 3.8) is 0 Å². The number of ether oxygens (including phenoxy) is 1. The van der Waals surface area contributed by atoms with E-state index in [1.807, 2.05) is 38.1 Å². The highest BCUT2D eigenvalue weighted by atomic mass is 16.5. The van der Waals surface area contributed by atoms with Crippen LogP contribution in [0.5, 0.6) is 5.75 Å². The normalized spacial score (nSPS) is 17.1. The van der Waals surface area contributed by atoms with Crippen molar-refractivity contribution >= 4 is 23.1 Å². The average molecular weight is 495 g/mol. The Hall–Kier alpha value is -4.37. The summed E-state index contributed by atoms with van der Waals surface area (Å²) in [6.45, 7) is 10.6. The second-order valence-electron chi connectivity index (χ2n) is 10.1. The lowest BCUT2D eigenvalue weighted by molar-refractivity contribution is -0.132. The number of hydrogen-bond acceptors (Lipinski definition) is 5. The van der Waals surface area contributed by atoms with Gasteiger partial charge in [-0.15, -0.1) is 0 Å². The number of benzene rings is 3. The van der Waals surface area contributed by atoms with Gasteiger partial charge in [-0.2, -0.15) is 5.26 Å². The summed E-state index contributed by atoms with van der Waals surface area (Å²) >= 11 is 0. The Kier molecular flexibility index (Phi) is 6.91. The number of aliphatic hydroxyl groups is 1. The van der Waals surface area contributed by atoms with Crippen LogP contribution >= 0.6 is 0 Å². The summed E-state index contributed by atoms with van der Waals surface area (Å²) in [5.41, 5.74) is 3.88. The monoisotopic (exact) mass is 494 g/mol. The summed E-state index contributed by atoms with van der Waals surface area (Å²) < 4.78 is 5.61. The van der Waals surface area contributed by atoms with Crippen molar-refractivity contribution in [3.8, 4) is 11.8 Å². The number of amides is 1. The molecule has 1 fully saturated rings. The van der Waals surface area contributed by atoms with Gasteiger partial charge in [-0.25, -0.2) is 0 Å². The highest BCUT2D eigenvalue weighted by Gasteiger charge is 2.47. The number of anilines is 1. The summed E-state index contributed by atoms with van der Waals surface area (Å²) in [6, 6.07) is 20.6. The largest absolute Gasteiger partial charge is 0.507 e. The maximum atomic E-state index is 13.4. The number of carbonyl (C=O) groups excluding carboxylic acids is 2. The minimum Gasteiger partial charge on any atom is -0.507 e. The molecule has 1 aliphatic rings. The van der Waals surface area contributed by atoms with E-state index in [0.717, 1.165) is 11.1 Å². The number of rotatable bonds is 5. The van der Waals surface area contributed by atoms with E-state index in [0.29, 0.717) is 34.7 Å². The predicted molar refractivity (Wildman–Crippen MR) is 143 cm³/mol. The summed E-state index contributed by atoms with van der Waals surface area (Å²) in [4.78, 5) is 28.2. The lowest BCUT2D eigenvalue weighted by atomic mass is 9.85. The lowest BCUT2D eigenvalue weighted by Gasteiger charge is -2.26. The van der Waals surface area contributed by atoms with Crippen LogP contribution in [0.25, 0.3) is 5.76 Å². The number of nitrogens with zero attached hydrogens (tertiary/aromatic N) is 2. The van der Waals surface area contributed by atoms with Crippen LogP contribution in [0.4, 0.5) is 5.69 Å². The molecule has 0 bridgehead atoms. The van der Waals surface area contributed by atoms with E-state index < -0.39 is 17.7 Å². The van der Waals surface area contributed by atoms with Crippen molar-refractivity contribution in [1.29, 1.82) is 5.26 Å². The first-order valence-electron chi connectivity index (χ1n) is 12.2. The van der Waals surface area contributed by atoms with Gasteiger partial charge in [0.25, 0.3) is 11.7 Å². The highest BCUT2D eigenvalue weighted by Crippen LogP contribution is 2.43. The Labute approximate surface area is 217 Å². The predicted octanol–water partition coefficient (Wildman–Crippen LogP) is 6.19. The number of ketones is 1. The molecule has 1 atom stereocenters. The number of nitriles is 1. The van der Waals surface area contributed by atoms with E-state index in [2.05, 4.69) is 26.8 Å². The van der Waals surface area contributed by atoms with Crippen molar-refractivity contribution in [2.24, 2.45) is 0 Å². The fraction of sp³-hybridized carbons (Fsp3) is 0.258. The zero-order valence-electron chi connectivity index (χ0n) is 21.7. The molecule has 1 aliphatic heterocycles. The first kappa shape index (κ1) is 25.7. The van der Waals surface area contributed by atoms with Gasteiger partial charge in [-0.05, 0) is 78.4 Å². The molecule has 0 saturated carbocycles. The SMILES string of the molecule is CCOc1ccc(/C(O)=C2/C(=O)C(=O)N(c3ccc(C#N)cc3)C2c2ccc(C(C)(C)C)cc2)cc1C. The Bertz CT molecular complexity index is 1420. The molecule has 3 aromatic carbocycles. The molecule has 188 valence electrons. The maximum Gasteiger partial charge on any atom is 0.300 e. The average Bonchev–Trinajstić information content (AvgIpc) is 3.14. The fourth-order valence-electron chi connectivity index (χ4n) is 4.55. The van der Waals surface area contributed by atoms with Gasteiger partial charge >= 0.3 is 0 Å². The molecule has 37 heavy (non-hydrogen) atoms. The van der Waals surface area contributed by atoms with Crippen molar-refractivity contribution in [1.82, 2.24) is 0 Å². The van der Waals surface area contributed by atoms with Crippen LogP contribution < -0.4 is 9.64 Å². The standard InChI is InChI=1S/C31H30N2O4/c1-6-37-25-16-11-22(17-19(25)2)28(34)26-27(21-9-12-23(13-10-21)31(3,4)5)33(30(36)29(26)35)24-14-7-20(18-32)8-15-24/h7-17,27,34H,6H2,1-5H3/b28-26-. The van der Waals surface area contributed by atoms with Gasteiger partial charge in [0, 0.05) is 11.3 Å². The molecule has 6 heteroatoms. The molecule has 1 heterocycles. The fourth-order valence-corrected chi connectivity index (χ4v) is 4.55. The second-order valence-corrected chi connectivity index (χ2v) is 10.1. The van der Waals surface area contributed by atoms with Gasteiger partial charge in [-0.3, -0.25) is 14.5 Å². The van der Waals surface area contributed by atoms with Crippen LogP contribution in [-0.2, 0) is 15.0 Å². The van der Waals surface area contributed by atoms with Crippen molar-refractivity contribution in [2.75, 3.05) is 11.5 Å². The van der Waals surface area contributed by atoms with Crippen LogP contribution in [0.3, 0.4) is 0 Å². The molecule has 1 amide bonds. The smallest absolute Gasteiger partial charge is 0.300 e. The van der Waals surface area contributed by atoms with Crippen LogP contribution in [0, 0.1) is 18.3 Å². The lowest BCUT2D eigenvalue weighted by Crippen LogP contribution is -2.29. The Morgan fingerprint density at radius 2 is 1.68 bits per heavy atom. The molecule has 3 aromatic rings. The third kappa shape index (κ3) is 4.85. The zero-order chi connectivity index (χ0) is 26.9. The summed E-state index contributed by atoms with van der Waals surface area (Å²) in [7, 11) is 0. The number of carbonyl (C=O) groups is 2. The molecule has 6 nitrogen and oxygen atoms in total. The van der Waals surface area contributed by atoms with Crippen molar-refractivity contribution in [3.05, 3.63) is 100 Å². The Morgan fingerprint density at radius 1 is 1.03 bits per heavy atom. The molecule has 0 spiro atoms. The van der Waals surface area contributed by atoms with Crippen LogP contribution in [0.1, 0.15) is 61.6 Å². The maximum absolute atomic E-state index is 13.4. The highest BCUT2D eigenvalue weighted by molar-refractivity contribution is 6.51. The molecule has 4 rings (SSSR count). The summed E-state index contributed by atoms with van der Waals surface area (Å²) in [5, 5.41) is 20.6. The minimum atomic E-state index is -0.839. The number of aliphatic hydroxyl groups excluding tert-OH is 1. The van der Waals surface area contributed by atoms with E-state index in [9.17, 15) is 20.0 Å². The molecule has 0 aliphatic carbocycles. The minimum absolute atomic E-state index is 0.0152. The van der Waals surface area contributed by atoms with E-state index in [1.165, 1.54) is 4.90 Å². The van der Waals surface area contributed by atoms with Crippen molar-refractivity contribution < 1.29 is 19.4 Å². The summed E-state index contributed by atoms with van der Waals surface area (Å²) in [6.07, 6.45) is 0. The Balaban J connectivity index is 1.90. The van der Waals surface area contributed by atoms with Gasteiger partial charge in [0.1, 0.15) is 11.5 Å². The number of hydrogen-bond donors (Lipinski definition) is 1. The third-order valence-corrected chi connectivity index (χ3v) is 6.56. The van der Waals surface area contributed by atoms with Crippen LogP contribution in [-0.4, -0.2) is 23.4 Å². The van der Waals surface area contributed by atoms with Gasteiger partial charge < -0.3 is 9.84 Å². The van der Waals surface area contributed by atoms with Crippen LogP contribution in [0.2, 0.25) is 0 Å². The molecule has 0 aromatic heterocycles. The Morgan fingerprint density at radius 3 is 2.22 bits per heavy atom. The molecule has 1 N–H and O–H groups in total. The van der Waals surface area contributed by atoms with Gasteiger partial charge in [0.2, 0.25) is 0 Å². The van der Waals surface area contributed by atoms with E-state index >= 15 is 0 Å². The summed E-state index contributed by atoms with van der Waals surface area (Å²) in [5.74, 6) is -1.06. The van der Waals surface area contributed by atoms with Gasteiger partial charge in [0.15, 0.2) is 0 Å². The zero-order valence-corrected chi connectivity index (χ0v) is 21.7. The van der Waals surface area contributed by atoms with E-state index in [-0.39, 0.29) is 16.7 Å². The molecular formula is C31H30N2O4. The van der Waals surface area contributed by atoms with E-state index in [4.69, 9.17) is 4.74 Å². The molecule has 1 unspecified atom stereocenters. The van der Waals surface area contributed by atoms with Crippen LogP contribution in [0.15, 0.2) is 72.3 Å². The third-order valence-electron chi connectivity index (χ3n) is 6.56. The number of aryl methyl sites for hydroxylation is 1. The first-order valence-corrected chi connectivity index (χ1v) is 12.2. The molecular weight excluding hydrogens is 464 g/mol. The van der Waals surface area contributed by atoms with E-state index in [1.54, 1.807) is 42.5 Å². The molecule has 0 radical (unpaired) electrons. The van der Waals surface area contributed by atoms with Gasteiger partial charge in [0.05, 0.1) is 29.9 Å². The quantitative estimate of drug-likeness (QED) is 0.259. The second kappa shape index (κ2) is 9.94. The first-order chi connectivity index (χ1) is 17.6.